The van der Waals surface area contributed by atoms with Gasteiger partial charge in [-0.05, 0) is 48.5 Å². The van der Waals surface area contributed by atoms with Crippen molar-refractivity contribution in [2.24, 2.45) is 5.10 Å². The molecule has 1 amide bonds. The van der Waals surface area contributed by atoms with Crippen molar-refractivity contribution in [2.45, 2.75) is 0 Å². The van der Waals surface area contributed by atoms with E-state index in [-0.39, 0.29) is 17.0 Å². The number of amides is 1. The summed E-state index contributed by atoms with van der Waals surface area (Å²) in [6.07, 6.45) is 1.35. The van der Waals surface area contributed by atoms with Crippen LogP contribution in [0.15, 0.2) is 76.3 Å². The van der Waals surface area contributed by atoms with Crippen molar-refractivity contribution in [1.29, 1.82) is 0 Å². The lowest BCUT2D eigenvalue weighted by molar-refractivity contribution is 0.0733. The number of hydrogen-bond acceptors (Lipinski definition) is 7. The fourth-order valence-electron chi connectivity index (χ4n) is 4.64. The Labute approximate surface area is 281 Å². The van der Waals surface area contributed by atoms with E-state index in [0.29, 0.717) is 64.4 Å². The van der Waals surface area contributed by atoms with Gasteiger partial charge in [0, 0.05) is 42.1 Å². The normalized spacial score (nSPS) is 11.1. The molecular weight excluding hydrogens is 709 g/mol. The molecule has 4 aromatic carbocycles. The number of nitrogens with one attached hydrogen (secondary N) is 2. The van der Waals surface area contributed by atoms with Crippen LogP contribution in [0.5, 0.6) is 23.0 Å². The van der Waals surface area contributed by atoms with Crippen LogP contribution in [0.25, 0.3) is 22.0 Å². The second-order valence-corrected chi connectivity index (χ2v) is 11.5. The summed E-state index contributed by atoms with van der Waals surface area (Å²) < 4.78 is 22.4. The van der Waals surface area contributed by atoms with E-state index in [1.165, 1.54) is 39.7 Å². The van der Waals surface area contributed by atoms with Crippen LogP contribution in [0, 0.1) is 0 Å². The van der Waals surface area contributed by atoms with Crippen molar-refractivity contribution in [2.75, 3.05) is 21.3 Å². The van der Waals surface area contributed by atoms with Crippen molar-refractivity contribution in [3.05, 3.63) is 103 Å². The molecule has 5 aromatic rings. The maximum atomic E-state index is 13.5. The molecule has 0 fully saturated rings. The summed E-state index contributed by atoms with van der Waals surface area (Å²) in [5.41, 5.74) is 4.88. The molecule has 1 heterocycles. The topological polar surface area (TPSA) is 111 Å². The number of halogens is 4. The van der Waals surface area contributed by atoms with Gasteiger partial charge in [0.2, 0.25) is 5.75 Å². The van der Waals surface area contributed by atoms with Crippen LogP contribution >= 0.6 is 50.7 Å². The molecule has 0 atom stereocenters. The molecule has 1 aromatic heterocycles. The first-order valence-electron chi connectivity index (χ1n) is 13.1. The van der Waals surface area contributed by atoms with Crippen LogP contribution in [0.2, 0.25) is 15.1 Å². The van der Waals surface area contributed by atoms with E-state index in [1.54, 1.807) is 54.6 Å². The van der Waals surface area contributed by atoms with E-state index < -0.39 is 11.9 Å². The Morgan fingerprint density at radius 3 is 2.24 bits per heavy atom. The predicted molar refractivity (Wildman–Crippen MR) is 179 cm³/mol. The van der Waals surface area contributed by atoms with E-state index in [1.807, 2.05) is 0 Å². The zero-order valence-electron chi connectivity index (χ0n) is 23.8. The second-order valence-electron chi connectivity index (χ2n) is 9.35. The van der Waals surface area contributed by atoms with E-state index in [0.717, 1.165) is 0 Å². The van der Waals surface area contributed by atoms with Gasteiger partial charge in [-0.2, -0.15) is 5.10 Å². The number of aromatic amines is 1. The van der Waals surface area contributed by atoms with Crippen molar-refractivity contribution in [3.8, 4) is 34.1 Å². The molecule has 0 unspecified atom stereocenters. The van der Waals surface area contributed by atoms with Crippen LogP contribution in [-0.2, 0) is 0 Å². The van der Waals surface area contributed by atoms with E-state index >= 15 is 0 Å². The highest BCUT2D eigenvalue weighted by Gasteiger charge is 2.23. The molecule has 2 N–H and O–H groups in total. The van der Waals surface area contributed by atoms with Gasteiger partial charge in [-0.15, -0.1) is 0 Å². The number of esters is 1. The first kappa shape index (κ1) is 32.2. The summed E-state index contributed by atoms with van der Waals surface area (Å²) >= 11 is 22.7. The first-order chi connectivity index (χ1) is 21.6. The number of rotatable bonds is 9. The van der Waals surface area contributed by atoms with Crippen LogP contribution in [0.1, 0.15) is 26.4 Å². The molecule has 0 saturated heterocycles. The Bertz CT molecular complexity index is 1950. The molecule has 0 aliphatic carbocycles. The van der Waals surface area contributed by atoms with Gasteiger partial charge in [0.1, 0.15) is 11.4 Å². The van der Waals surface area contributed by atoms with Crippen molar-refractivity contribution in [3.63, 3.8) is 0 Å². The van der Waals surface area contributed by atoms with Gasteiger partial charge in [0.25, 0.3) is 5.91 Å². The molecule has 5 rings (SSSR count). The van der Waals surface area contributed by atoms with Gasteiger partial charge in [0.05, 0.1) is 38.1 Å². The van der Waals surface area contributed by atoms with Crippen molar-refractivity contribution < 1.29 is 28.5 Å². The standard InChI is InChI=1S/C32H23BrCl3N3O6/c1-42-25-11-16(12-26(43-2)30(25)44-3)32(41)45-24-9-8-18(33)10-17(24)15-37-39-31(40)29-27(20-6-4-5-7-21(20)35)28-22(36)13-19(34)14-23(28)38-29/h4-15,38H,1-3H3,(H,39,40). The van der Waals surface area contributed by atoms with E-state index in [2.05, 4.69) is 31.4 Å². The van der Waals surface area contributed by atoms with Gasteiger partial charge in [-0.1, -0.05) is 68.9 Å². The maximum absolute atomic E-state index is 13.5. The van der Waals surface area contributed by atoms with Gasteiger partial charge in [-0.25, -0.2) is 10.2 Å². The summed E-state index contributed by atoms with van der Waals surface area (Å²) in [5.74, 6) is -0.161. The molecule has 0 aliphatic rings. The number of H-pyrrole nitrogens is 1. The Morgan fingerprint density at radius 1 is 0.867 bits per heavy atom. The van der Waals surface area contributed by atoms with E-state index in [4.69, 9.17) is 53.8 Å². The van der Waals surface area contributed by atoms with Crippen LogP contribution in [-0.4, -0.2) is 44.4 Å². The number of methoxy groups -OCH3 is 3. The van der Waals surface area contributed by atoms with Gasteiger partial charge in [0.15, 0.2) is 11.5 Å². The lowest BCUT2D eigenvalue weighted by Crippen LogP contribution is -2.19. The van der Waals surface area contributed by atoms with Crippen molar-refractivity contribution in [1.82, 2.24) is 10.4 Å². The number of hydrazone groups is 1. The maximum Gasteiger partial charge on any atom is 0.343 e. The molecule has 0 saturated carbocycles. The number of hydrogen-bond donors (Lipinski definition) is 2. The predicted octanol–water partition coefficient (Wildman–Crippen LogP) is 8.57. The number of fused-ring (bicyclic) bond motifs is 1. The Morgan fingerprint density at radius 2 is 1.58 bits per heavy atom. The zero-order valence-corrected chi connectivity index (χ0v) is 27.7. The summed E-state index contributed by atoms with van der Waals surface area (Å²) in [6.45, 7) is 0. The minimum atomic E-state index is -0.687. The molecule has 45 heavy (non-hydrogen) atoms. The molecule has 0 bridgehead atoms. The number of benzene rings is 4. The highest BCUT2D eigenvalue weighted by molar-refractivity contribution is 9.10. The van der Waals surface area contributed by atoms with Crippen molar-refractivity contribution >= 4 is 79.7 Å². The number of carbonyl (C=O) groups is 2. The van der Waals surface area contributed by atoms with Crippen LogP contribution in [0.3, 0.4) is 0 Å². The third-order valence-corrected chi connectivity index (χ3v) is 7.97. The number of aromatic nitrogens is 1. The highest BCUT2D eigenvalue weighted by atomic mass is 79.9. The van der Waals surface area contributed by atoms with Gasteiger partial charge < -0.3 is 23.9 Å². The molecular formula is C32H23BrCl3N3O6. The number of carbonyl (C=O) groups excluding carboxylic acids is 2. The number of ether oxygens (including phenoxy) is 4. The first-order valence-corrected chi connectivity index (χ1v) is 15.0. The van der Waals surface area contributed by atoms with Gasteiger partial charge in [-0.3, -0.25) is 4.79 Å². The second kappa shape index (κ2) is 13.8. The van der Waals surface area contributed by atoms with Gasteiger partial charge >= 0.3 is 5.97 Å². The fraction of sp³-hybridized carbons (Fsp3) is 0.0938. The molecule has 9 nitrogen and oxygen atoms in total. The summed E-state index contributed by atoms with van der Waals surface area (Å²) in [6, 6.07) is 18.3. The summed E-state index contributed by atoms with van der Waals surface area (Å²) in [7, 11) is 4.35. The molecule has 0 aliphatic heterocycles. The minimum absolute atomic E-state index is 0.160. The monoisotopic (exact) mass is 729 g/mol. The third kappa shape index (κ3) is 6.74. The average Bonchev–Trinajstić information content (AvgIpc) is 3.41. The zero-order chi connectivity index (χ0) is 32.2. The van der Waals surface area contributed by atoms with Crippen LogP contribution in [0.4, 0.5) is 0 Å². The molecule has 0 spiro atoms. The Kier molecular flexibility index (Phi) is 9.89. The molecule has 0 radical (unpaired) electrons. The van der Waals surface area contributed by atoms with E-state index in [9.17, 15) is 9.59 Å². The SMILES string of the molecule is COc1cc(C(=O)Oc2ccc(Br)cc2C=NNC(=O)c2[nH]c3cc(Cl)cc(Cl)c3c2-c2ccccc2Cl)cc(OC)c1OC. The fourth-order valence-corrected chi connectivity index (χ4v) is 5.84. The Hall–Kier alpha value is -4.22. The minimum Gasteiger partial charge on any atom is -0.493 e. The Balaban J connectivity index is 1.44. The quantitative estimate of drug-likeness (QED) is 0.0681. The largest absolute Gasteiger partial charge is 0.493 e. The molecule has 230 valence electrons. The average molecular weight is 732 g/mol. The molecule has 13 heteroatoms. The highest BCUT2D eigenvalue weighted by Crippen LogP contribution is 2.41. The number of nitrogens with zero attached hydrogens (tertiary/aromatic N) is 1. The summed E-state index contributed by atoms with van der Waals surface area (Å²) in [4.78, 5) is 29.7. The lowest BCUT2D eigenvalue weighted by Gasteiger charge is -2.14. The third-order valence-electron chi connectivity index (χ3n) is 6.63. The lowest BCUT2D eigenvalue weighted by atomic mass is 10.0. The van der Waals surface area contributed by atoms with Crippen LogP contribution < -0.4 is 24.4 Å². The summed E-state index contributed by atoms with van der Waals surface area (Å²) in [5, 5.41) is 5.89. The smallest absolute Gasteiger partial charge is 0.343 e.